The first-order valence-electron chi connectivity index (χ1n) is 9.23. The van der Waals surface area contributed by atoms with Gasteiger partial charge in [-0.3, -0.25) is 4.79 Å². The number of anilines is 1. The van der Waals surface area contributed by atoms with Crippen molar-refractivity contribution >= 4 is 74.5 Å². The Kier molecular flexibility index (Phi) is 8.35. The highest BCUT2D eigenvalue weighted by molar-refractivity contribution is 14.1. The summed E-state index contributed by atoms with van der Waals surface area (Å²) in [5.74, 6) is 0.268. The summed E-state index contributed by atoms with van der Waals surface area (Å²) in [7, 11) is 0. The summed E-state index contributed by atoms with van der Waals surface area (Å²) >= 11 is 10.6. The lowest BCUT2D eigenvalue weighted by atomic mass is 10.1. The second kappa shape index (κ2) is 11.0. The Morgan fingerprint density at radius 3 is 2.42 bits per heavy atom. The molecule has 0 radical (unpaired) electrons. The Morgan fingerprint density at radius 2 is 1.81 bits per heavy atom. The van der Waals surface area contributed by atoms with E-state index in [0.717, 1.165) is 29.6 Å². The van der Waals surface area contributed by atoms with Crippen molar-refractivity contribution in [2.75, 3.05) is 5.32 Å². The number of carbonyl (C=O) groups is 1. The number of carbonyl (C=O) groups excluding carboxylic acids is 1. The molecule has 156 valence electrons. The van der Waals surface area contributed by atoms with E-state index in [-0.39, 0.29) is 5.57 Å². The van der Waals surface area contributed by atoms with Crippen LogP contribution < -0.4 is 10.1 Å². The fourth-order valence-corrected chi connectivity index (χ4v) is 5.21. The van der Waals surface area contributed by atoms with E-state index in [2.05, 4.69) is 50.5 Å². The van der Waals surface area contributed by atoms with E-state index in [1.165, 1.54) is 0 Å². The number of aryl methyl sites for hydroxylation is 1. The van der Waals surface area contributed by atoms with Crippen LogP contribution in [0.2, 0.25) is 5.02 Å². The van der Waals surface area contributed by atoms with Gasteiger partial charge in [-0.15, -0.1) is 0 Å². The SMILES string of the molecule is Cc1cccc(Cl)c1NC(=O)/C(C#N)=C/c1cc(I)c(OCc2ccccc2)c(I)c1. The second-order valence-corrected chi connectivity index (χ2v) is 9.38. The van der Waals surface area contributed by atoms with Gasteiger partial charge in [-0.05, 0) is 93.1 Å². The summed E-state index contributed by atoms with van der Waals surface area (Å²) in [6.07, 6.45) is 1.56. The van der Waals surface area contributed by atoms with E-state index in [0.29, 0.717) is 17.3 Å². The van der Waals surface area contributed by atoms with Crippen molar-refractivity contribution in [3.8, 4) is 11.8 Å². The van der Waals surface area contributed by atoms with Crippen LogP contribution in [0.1, 0.15) is 16.7 Å². The van der Waals surface area contributed by atoms with Crippen LogP contribution in [0.4, 0.5) is 5.69 Å². The van der Waals surface area contributed by atoms with E-state index in [9.17, 15) is 10.1 Å². The largest absolute Gasteiger partial charge is 0.487 e. The van der Waals surface area contributed by atoms with E-state index in [1.807, 2.05) is 61.5 Å². The number of halogens is 3. The zero-order valence-corrected chi connectivity index (χ0v) is 21.5. The summed E-state index contributed by atoms with van der Waals surface area (Å²) in [6, 6.07) is 21.0. The molecule has 1 N–H and O–H groups in total. The summed E-state index contributed by atoms with van der Waals surface area (Å²) in [6.45, 7) is 2.31. The molecular weight excluding hydrogens is 638 g/mol. The molecule has 3 aromatic rings. The molecule has 0 aliphatic rings. The van der Waals surface area contributed by atoms with Gasteiger partial charge >= 0.3 is 0 Å². The van der Waals surface area contributed by atoms with Gasteiger partial charge < -0.3 is 10.1 Å². The Hall–Kier alpha value is -2.09. The first-order valence-corrected chi connectivity index (χ1v) is 11.8. The number of amides is 1. The average molecular weight is 655 g/mol. The molecule has 0 heterocycles. The smallest absolute Gasteiger partial charge is 0.266 e. The van der Waals surface area contributed by atoms with Crippen molar-refractivity contribution in [1.29, 1.82) is 5.26 Å². The normalized spacial score (nSPS) is 11.0. The van der Waals surface area contributed by atoms with E-state index in [4.69, 9.17) is 16.3 Å². The number of hydrogen-bond acceptors (Lipinski definition) is 3. The van der Waals surface area contributed by atoms with Gasteiger partial charge in [0.25, 0.3) is 5.91 Å². The minimum atomic E-state index is -0.506. The van der Waals surface area contributed by atoms with Gasteiger partial charge in [0, 0.05) is 0 Å². The molecule has 0 bridgehead atoms. The Bertz CT molecular complexity index is 1140. The highest BCUT2D eigenvalue weighted by atomic mass is 127. The number of nitrogens with zero attached hydrogens (tertiary/aromatic N) is 1. The van der Waals surface area contributed by atoms with Crippen molar-refractivity contribution in [1.82, 2.24) is 0 Å². The summed E-state index contributed by atoms with van der Waals surface area (Å²) in [4.78, 5) is 12.7. The molecule has 0 aliphatic heterocycles. The van der Waals surface area contributed by atoms with E-state index >= 15 is 0 Å². The standard InChI is InChI=1S/C24H17ClI2N2O2/c1-15-6-5-9-19(25)22(15)29-24(30)18(13-28)10-17-11-20(26)23(21(27)12-17)31-14-16-7-3-2-4-8-16/h2-12H,14H2,1H3,(H,29,30)/b18-10+. The second-order valence-electron chi connectivity index (χ2n) is 6.64. The number of nitriles is 1. The summed E-state index contributed by atoms with van der Waals surface area (Å²) in [5.41, 5.74) is 3.13. The first kappa shape index (κ1) is 23.6. The molecule has 1 amide bonds. The molecule has 4 nitrogen and oxygen atoms in total. The summed E-state index contributed by atoms with van der Waals surface area (Å²) in [5, 5.41) is 12.7. The van der Waals surface area contributed by atoms with E-state index in [1.54, 1.807) is 18.2 Å². The van der Waals surface area contributed by atoms with Crippen molar-refractivity contribution in [2.24, 2.45) is 0 Å². The van der Waals surface area contributed by atoms with Crippen LogP contribution in [0, 0.1) is 25.4 Å². The highest BCUT2D eigenvalue weighted by Gasteiger charge is 2.15. The number of hydrogen-bond donors (Lipinski definition) is 1. The van der Waals surface area contributed by atoms with Gasteiger partial charge in [0.1, 0.15) is 24.0 Å². The molecule has 31 heavy (non-hydrogen) atoms. The lowest BCUT2D eigenvalue weighted by molar-refractivity contribution is -0.112. The zero-order valence-electron chi connectivity index (χ0n) is 16.5. The lowest BCUT2D eigenvalue weighted by Gasteiger charge is -2.12. The number of rotatable bonds is 6. The van der Waals surface area contributed by atoms with Crippen molar-refractivity contribution in [3.05, 3.63) is 95.1 Å². The third-order valence-electron chi connectivity index (χ3n) is 4.38. The van der Waals surface area contributed by atoms with Crippen LogP contribution in [0.15, 0.2) is 66.2 Å². The quantitative estimate of drug-likeness (QED) is 0.177. The Labute approximate surface area is 213 Å². The van der Waals surface area contributed by atoms with Gasteiger partial charge in [0.2, 0.25) is 0 Å². The maximum Gasteiger partial charge on any atom is 0.266 e. The zero-order chi connectivity index (χ0) is 22.4. The van der Waals surface area contributed by atoms with Crippen LogP contribution in [-0.4, -0.2) is 5.91 Å². The molecule has 0 saturated heterocycles. The van der Waals surface area contributed by atoms with Gasteiger partial charge in [0.15, 0.2) is 0 Å². The molecule has 0 aromatic heterocycles. The van der Waals surface area contributed by atoms with Crippen LogP contribution in [0.5, 0.6) is 5.75 Å². The molecule has 7 heteroatoms. The number of benzene rings is 3. The fourth-order valence-electron chi connectivity index (χ4n) is 2.82. The predicted molar refractivity (Wildman–Crippen MR) is 141 cm³/mol. The van der Waals surface area contributed by atoms with Crippen molar-refractivity contribution < 1.29 is 9.53 Å². The average Bonchev–Trinajstić information content (AvgIpc) is 2.74. The first-order chi connectivity index (χ1) is 14.9. The molecule has 0 aliphatic carbocycles. The van der Waals surface area contributed by atoms with Crippen LogP contribution in [0.25, 0.3) is 6.08 Å². The molecule has 3 aromatic carbocycles. The van der Waals surface area contributed by atoms with Crippen LogP contribution in [-0.2, 0) is 11.4 Å². The molecule has 0 unspecified atom stereocenters. The number of ether oxygens (including phenoxy) is 1. The molecule has 0 saturated carbocycles. The molecule has 3 rings (SSSR count). The van der Waals surface area contributed by atoms with Crippen LogP contribution >= 0.6 is 56.8 Å². The minimum absolute atomic E-state index is 0.0103. The third-order valence-corrected chi connectivity index (χ3v) is 6.30. The number of para-hydroxylation sites is 1. The highest BCUT2D eigenvalue weighted by Crippen LogP contribution is 2.31. The van der Waals surface area contributed by atoms with Crippen molar-refractivity contribution in [3.63, 3.8) is 0 Å². The van der Waals surface area contributed by atoms with E-state index < -0.39 is 5.91 Å². The van der Waals surface area contributed by atoms with Gasteiger partial charge in [-0.1, -0.05) is 54.1 Å². The molecule has 0 fully saturated rings. The maximum atomic E-state index is 12.7. The monoisotopic (exact) mass is 654 g/mol. The molecule has 0 atom stereocenters. The Morgan fingerprint density at radius 1 is 1.13 bits per heavy atom. The minimum Gasteiger partial charge on any atom is -0.487 e. The molecule has 0 spiro atoms. The van der Waals surface area contributed by atoms with Gasteiger partial charge in [0.05, 0.1) is 17.9 Å². The van der Waals surface area contributed by atoms with Crippen LogP contribution in [0.3, 0.4) is 0 Å². The van der Waals surface area contributed by atoms with Crippen molar-refractivity contribution in [2.45, 2.75) is 13.5 Å². The predicted octanol–water partition coefficient (Wildman–Crippen LogP) is 6.98. The van der Waals surface area contributed by atoms with Gasteiger partial charge in [-0.25, -0.2) is 0 Å². The number of nitrogens with one attached hydrogen (secondary N) is 1. The molecular formula is C24H17ClI2N2O2. The van der Waals surface area contributed by atoms with Gasteiger partial charge in [-0.2, -0.15) is 5.26 Å². The fraction of sp³-hybridized carbons (Fsp3) is 0.0833. The lowest BCUT2D eigenvalue weighted by Crippen LogP contribution is -2.14. The Balaban J connectivity index is 1.81. The summed E-state index contributed by atoms with van der Waals surface area (Å²) < 4.78 is 7.79. The topological polar surface area (TPSA) is 62.1 Å². The maximum absolute atomic E-state index is 12.7. The third kappa shape index (κ3) is 6.21.